The van der Waals surface area contributed by atoms with Crippen LogP contribution in [0.3, 0.4) is 0 Å². The first-order chi connectivity index (χ1) is 9.94. The molecule has 5 nitrogen and oxygen atoms in total. The number of urea groups is 1. The molecule has 1 fully saturated rings. The van der Waals surface area contributed by atoms with Gasteiger partial charge in [-0.1, -0.05) is 19.9 Å². The number of carbonyl (C=O) groups excluding carboxylic acids is 1. The van der Waals surface area contributed by atoms with Crippen molar-refractivity contribution >= 4 is 11.7 Å². The Hall–Kier alpha value is -1.75. The first kappa shape index (κ1) is 15.6. The SMILES string of the molecule is CC1CC(C)CN(CCc2ccc(O)c(NC(N)=O)c2)C1. The standard InChI is InChI=1S/C16H25N3O2/c1-11-7-12(2)10-19(9-11)6-5-13-3-4-15(20)14(8-13)18-16(17)21/h3-4,8,11-12,20H,5-7,9-10H2,1-2H3,(H3,17,18,21). The highest BCUT2D eigenvalue weighted by Gasteiger charge is 2.21. The molecule has 1 aromatic carbocycles. The third-order valence-corrected chi connectivity index (χ3v) is 3.98. The fourth-order valence-corrected chi connectivity index (χ4v) is 3.23. The minimum absolute atomic E-state index is 0.0396. The summed E-state index contributed by atoms with van der Waals surface area (Å²) in [5.74, 6) is 1.54. The second-order valence-corrected chi connectivity index (χ2v) is 6.30. The Bertz CT molecular complexity index is 494. The van der Waals surface area contributed by atoms with Crippen molar-refractivity contribution in [3.05, 3.63) is 23.8 Å². The van der Waals surface area contributed by atoms with Crippen LogP contribution in [0.15, 0.2) is 18.2 Å². The van der Waals surface area contributed by atoms with Crippen LogP contribution in [-0.4, -0.2) is 35.7 Å². The topological polar surface area (TPSA) is 78.6 Å². The molecule has 2 unspecified atom stereocenters. The number of benzene rings is 1. The number of nitrogens with zero attached hydrogens (tertiary/aromatic N) is 1. The van der Waals surface area contributed by atoms with Crippen LogP contribution < -0.4 is 11.1 Å². The number of carbonyl (C=O) groups is 1. The Labute approximate surface area is 126 Å². The number of aromatic hydroxyl groups is 1. The smallest absolute Gasteiger partial charge is 0.316 e. The number of amides is 2. The molecule has 1 aliphatic rings. The maximum atomic E-state index is 10.9. The van der Waals surface area contributed by atoms with E-state index in [2.05, 4.69) is 24.1 Å². The molecule has 1 heterocycles. The van der Waals surface area contributed by atoms with Gasteiger partial charge in [0.1, 0.15) is 5.75 Å². The molecule has 0 aromatic heterocycles. The average Bonchev–Trinajstić information content (AvgIpc) is 2.38. The highest BCUT2D eigenvalue weighted by Crippen LogP contribution is 2.25. The fraction of sp³-hybridized carbons (Fsp3) is 0.562. The number of phenols is 1. The van der Waals surface area contributed by atoms with Crippen LogP contribution in [0.4, 0.5) is 10.5 Å². The van der Waals surface area contributed by atoms with E-state index in [0.29, 0.717) is 5.69 Å². The summed E-state index contributed by atoms with van der Waals surface area (Å²) in [7, 11) is 0. The molecule has 4 N–H and O–H groups in total. The van der Waals surface area contributed by atoms with Crippen LogP contribution in [0.5, 0.6) is 5.75 Å². The van der Waals surface area contributed by atoms with E-state index in [1.54, 1.807) is 12.1 Å². The quantitative estimate of drug-likeness (QED) is 0.745. The normalized spacial score (nSPS) is 23.0. The number of anilines is 1. The number of likely N-dealkylation sites (tertiary alicyclic amines) is 1. The predicted octanol–water partition coefficient (Wildman–Crippen LogP) is 2.40. The molecule has 0 saturated carbocycles. The first-order valence-corrected chi connectivity index (χ1v) is 7.54. The van der Waals surface area contributed by atoms with Crippen LogP contribution in [-0.2, 0) is 6.42 Å². The lowest BCUT2D eigenvalue weighted by Gasteiger charge is -2.35. The van der Waals surface area contributed by atoms with Crippen LogP contribution in [0.1, 0.15) is 25.8 Å². The molecule has 116 valence electrons. The zero-order valence-corrected chi connectivity index (χ0v) is 12.8. The summed E-state index contributed by atoms with van der Waals surface area (Å²) in [5, 5.41) is 12.1. The van der Waals surface area contributed by atoms with Gasteiger partial charge in [0.15, 0.2) is 0 Å². The van der Waals surface area contributed by atoms with Gasteiger partial charge in [0.2, 0.25) is 0 Å². The molecule has 0 bridgehead atoms. The molecule has 21 heavy (non-hydrogen) atoms. The zero-order valence-electron chi connectivity index (χ0n) is 12.8. The van der Waals surface area contributed by atoms with Gasteiger partial charge in [-0.25, -0.2) is 4.79 Å². The molecular formula is C16H25N3O2. The number of phenolic OH excluding ortho intramolecular Hbond substituents is 1. The van der Waals surface area contributed by atoms with E-state index in [9.17, 15) is 9.90 Å². The van der Waals surface area contributed by atoms with E-state index >= 15 is 0 Å². The second-order valence-electron chi connectivity index (χ2n) is 6.30. The van der Waals surface area contributed by atoms with Gasteiger partial charge in [-0.15, -0.1) is 0 Å². The van der Waals surface area contributed by atoms with E-state index in [0.717, 1.165) is 43.5 Å². The number of piperidine rings is 1. The van der Waals surface area contributed by atoms with Crippen LogP contribution in [0.25, 0.3) is 0 Å². The van der Waals surface area contributed by atoms with E-state index in [1.165, 1.54) is 6.42 Å². The van der Waals surface area contributed by atoms with E-state index < -0.39 is 6.03 Å². The second kappa shape index (κ2) is 6.80. The van der Waals surface area contributed by atoms with Crippen molar-refractivity contribution in [1.29, 1.82) is 0 Å². The van der Waals surface area contributed by atoms with Gasteiger partial charge in [-0.3, -0.25) is 0 Å². The molecule has 2 atom stereocenters. The molecule has 0 aliphatic carbocycles. The van der Waals surface area contributed by atoms with Crippen molar-refractivity contribution in [2.24, 2.45) is 17.6 Å². The highest BCUT2D eigenvalue weighted by molar-refractivity contribution is 5.89. The molecule has 1 aliphatic heterocycles. The zero-order chi connectivity index (χ0) is 15.4. The minimum Gasteiger partial charge on any atom is -0.506 e. The van der Waals surface area contributed by atoms with Crippen molar-refractivity contribution in [2.75, 3.05) is 25.0 Å². The minimum atomic E-state index is -0.666. The summed E-state index contributed by atoms with van der Waals surface area (Å²) in [6.45, 7) is 7.90. The average molecular weight is 291 g/mol. The molecule has 0 radical (unpaired) electrons. The Morgan fingerprint density at radius 3 is 2.67 bits per heavy atom. The van der Waals surface area contributed by atoms with Crippen molar-refractivity contribution in [3.8, 4) is 5.75 Å². The third-order valence-electron chi connectivity index (χ3n) is 3.98. The highest BCUT2D eigenvalue weighted by atomic mass is 16.3. The Kier molecular flexibility index (Phi) is 5.07. The van der Waals surface area contributed by atoms with Crippen molar-refractivity contribution in [3.63, 3.8) is 0 Å². The van der Waals surface area contributed by atoms with Gasteiger partial charge in [0.25, 0.3) is 0 Å². The number of hydrogen-bond acceptors (Lipinski definition) is 3. The molecule has 0 spiro atoms. The van der Waals surface area contributed by atoms with Crippen LogP contribution in [0, 0.1) is 11.8 Å². The Balaban J connectivity index is 1.95. The lowest BCUT2D eigenvalue weighted by molar-refractivity contribution is 0.142. The molecule has 1 saturated heterocycles. The van der Waals surface area contributed by atoms with Crippen molar-refractivity contribution in [2.45, 2.75) is 26.7 Å². The summed E-state index contributed by atoms with van der Waals surface area (Å²) >= 11 is 0. The third kappa shape index (κ3) is 4.63. The largest absolute Gasteiger partial charge is 0.506 e. The Morgan fingerprint density at radius 2 is 2.05 bits per heavy atom. The van der Waals surface area contributed by atoms with Crippen LogP contribution in [0.2, 0.25) is 0 Å². The van der Waals surface area contributed by atoms with Gasteiger partial charge >= 0.3 is 6.03 Å². The van der Waals surface area contributed by atoms with Crippen molar-refractivity contribution in [1.82, 2.24) is 4.90 Å². The van der Waals surface area contributed by atoms with E-state index in [-0.39, 0.29) is 5.75 Å². The first-order valence-electron chi connectivity index (χ1n) is 7.54. The summed E-state index contributed by atoms with van der Waals surface area (Å²) in [4.78, 5) is 13.4. The molecule has 2 rings (SSSR count). The molecule has 1 aromatic rings. The maximum absolute atomic E-state index is 10.9. The van der Waals surface area contributed by atoms with E-state index in [4.69, 9.17) is 5.73 Å². The van der Waals surface area contributed by atoms with Crippen LogP contribution >= 0.6 is 0 Å². The van der Waals surface area contributed by atoms with Gasteiger partial charge in [0, 0.05) is 19.6 Å². The van der Waals surface area contributed by atoms with Gasteiger partial charge < -0.3 is 21.1 Å². The number of rotatable bonds is 4. The summed E-state index contributed by atoms with van der Waals surface area (Å²) in [5.41, 5.74) is 6.56. The summed E-state index contributed by atoms with van der Waals surface area (Å²) in [6.07, 6.45) is 2.20. The van der Waals surface area contributed by atoms with Crippen molar-refractivity contribution < 1.29 is 9.90 Å². The molecule has 2 amide bonds. The summed E-state index contributed by atoms with van der Waals surface area (Å²) < 4.78 is 0. The lowest BCUT2D eigenvalue weighted by atomic mass is 9.91. The predicted molar refractivity (Wildman–Crippen MR) is 84.4 cm³/mol. The monoisotopic (exact) mass is 291 g/mol. The number of primary amides is 1. The molecule has 5 heteroatoms. The number of nitrogens with one attached hydrogen (secondary N) is 1. The van der Waals surface area contributed by atoms with Gasteiger partial charge in [-0.2, -0.15) is 0 Å². The van der Waals surface area contributed by atoms with Gasteiger partial charge in [-0.05, 0) is 42.4 Å². The van der Waals surface area contributed by atoms with E-state index in [1.807, 2.05) is 6.07 Å². The summed E-state index contributed by atoms with van der Waals surface area (Å²) in [6, 6.07) is 4.61. The molecular weight excluding hydrogens is 266 g/mol. The maximum Gasteiger partial charge on any atom is 0.316 e. The number of nitrogens with two attached hydrogens (primary N) is 1. The lowest BCUT2D eigenvalue weighted by Crippen LogP contribution is -2.39. The Morgan fingerprint density at radius 1 is 1.38 bits per heavy atom. The number of hydrogen-bond donors (Lipinski definition) is 3. The fourth-order valence-electron chi connectivity index (χ4n) is 3.23. The van der Waals surface area contributed by atoms with Gasteiger partial charge in [0.05, 0.1) is 5.69 Å².